The molecule has 1 fully saturated rings. The van der Waals surface area contributed by atoms with E-state index in [-0.39, 0.29) is 42.3 Å². The normalized spacial score (nSPS) is 14.9. The van der Waals surface area contributed by atoms with Gasteiger partial charge >= 0.3 is 0 Å². The Kier molecular flexibility index (Phi) is 14.3. The fourth-order valence-corrected chi connectivity index (χ4v) is 3.23. The largest absolute Gasteiger partial charge is 0.357 e. The number of likely N-dealkylation sites (N-methyl/N-ethyl adjacent to an activating group) is 2. The van der Waals surface area contributed by atoms with Gasteiger partial charge in [0.05, 0.1) is 13.1 Å². The van der Waals surface area contributed by atoms with Crippen LogP contribution in [-0.4, -0.2) is 73.4 Å². The molecule has 2 amide bonds. The number of guanidine groups is 1. The average molecular weight is 495 g/mol. The summed E-state index contributed by atoms with van der Waals surface area (Å²) in [6.07, 6.45) is 6.25. The van der Waals surface area contributed by atoms with Gasteiger partial charge in [0, 0.05) is 39.1 Å². The second-order valence-electron chi connectivity index (χ2n) is 6.81. The molecule has 0 atom stereocenters. The lowest BCUT2D eigenvalue weighted by Gasteiger charge is -2.25. The maximum atomic E-state index is 12.3. The topological polar surface area (TPSA) is 77.0 Å². The Bertz CT molecular complexity index is 463. The molecule has 0 aromatic heterocycles. The number of nitrogens with zero attached hydrogens (tertiary/aromatic N) is 3. The monoisotopic (exact) mass is 495 g/mol. The highest BCUT2D eigenvalue weighted by molar-refractivity contribution is 14.0. The van der Waals surface area contributed by atoms with Crippen LogP contribution in [-0.2, 0) is 9.59 Å². The lowest BCUT2D eigenvalue weighted by atomic mass is 9.95. The van der Waals surface area contributed by atoms with Gasteiger partial charge in [-0.25, -0.2) is 0 Å². The van der Waals surface area contributed by atoms with Gasteiger partial charge < -0.3 is 20.4 Å². The molecular weight excluding hydrogens is 457 g/mol. The molecular formula is C19H38IN5O2. The summed E-state index contributed by atoms with van der Waals surface area (Å²) < 4.78 is 0. The molecule has 0 spiro atoms. The van der Waals surface area contributed by atoms with E-state index in [4.69, 9.17) is 0 Å². The first-order valence-corrected chi connectivity index (χ1v) is 10.1. The molecule has 0 aromatic carbocycles. The van der Waals surface area contributed by atoms with Crippen LogP contribution >= 0.6 is 24.0 Å². The molecule has 0 radical (unpaired) electrons. The Hall–Kier alpha value is -1.06. The Morgan fingerprint density at radius 1 is 1.07 bits per heavy atom. The molecule has 1 aliphatic carbocycles. The van der Waals surface area contributed by atoms with Crippen LogP contribution in [0.5, 0.6) is 0 Å². The van der Waals surface area contributed by atoms with Gasteiger partial charge in [-0.05, 0) is 33.6 Å². The highest BCUT2D eigenvalue weighted by Crippen LogP contribution is 2.17. The van der Waals surface area contributed by atoms with Crippen molar-refractivity contribution in [2.24, 2.45) is 4.99 Å². The minimum absolute atomic E-state index is 0. The average Bonchev–Trinajstić information content (AvgIpc) is 2.62. The lowest BCUT2D eigenvalue weighted by molar-refractivity contribution is -0.131. The maximum absolute atomic E-state index is 12.3. The van der Waals surface area contributed by atoms with Gasteiger partial charge in [-0.2, -0.15) is 0 Å². The van der Waals surface area contributed by atoms with Crippen molar-refractivity contribution in [2.45, 2.75) is 65.3 Å². The van der Waals surface area contributed by atoms with E-state index >= 15 is 0 Å². The third-order valence-electron chi connectivity index (χ3n) is 4.76. The van der Waals surface area contributed by atoms with Crippen molar-refractivity contribution in [3.63, 3.8) is 0 Å². The summed E-state index contributed by atoms with van der Waals surface area (Å²) in [5.41, 5.74) is 0. The summed E-state index contributed by atoms with van der Waals surface area (Å²) in [5.74, 6) is 0.815. The van der Waals surface area contributed by atoms with Crippen molar-refractivity contribution in [3.8, 4) is 0 Å². The third-order valence-corrected chi connectivity index (χ3v) is 4.76. The Labute approximate surface area is 181 Å². The van der Waals surface area contributed by atoms with E-state index in [2.05, 4.69) is 15.6 Å². The number of nitrogens with one attached hydrogen (secondary N) is 2. The standard InChI is InChI=1S/C19H37N5O2.HI/c1-5-20-19(23(4)15-18(26)24(6-2)7-3)21-14-13-17(25)22-16-11-9-8-10-12-16;/h16H,5-15H2,1-4H3,(H,20,21)(H,22,25);1H. The molecule has 27 heavy (non-hydrogen) atoms. The van der Waals surface area contributed by atoms with Crippen molar-refractivity contribution >= 4 is 41.8 Å². The fourth-order valence-electron chi connectivity index (χ4n) is 3.23. The van der Waals surface area contributed by atoms with E-state index in [0.29, 0.717) is 38.1 Å². The zero-order valence-electron chi connectivity index (χ0n) is 17.4. The number of halogens is 1. The molecule has 0 heterocycles. The number of amides is 2. The Balaban J connectivity index is 0.00000676. The predicted octanol–water partition coefficient (Wildman–Crippen LogP) is 2.21. The molecule has 7 nitrogen and oxygen atoms in total. The van der Waals surface area contributed by atoms with E-state index < -0.39 is 0 Å². The quantitative estimate of drug-likeness (QED) is 0.292. The molecule has 8 heteroatoms. The van der Waals surface area contributed by atoms with Crippen molar-refractivity contribution in [3.05, 3.63) is 0 Å². The molecule has 1 rings (SSSR count). The fraction of sp³-hybridized carbons (Fsp3) is 0.842. The number of aliphatic imine (C=N–C) groups is 1. The van der Waals surface area contributed by atoms with E-state index in [1.54, 1.807) is 4.90 Å². The second kappa shape index (κ2) is 14.9. The SMILES string of the molecule is CCNC(=NCCC(=O)NC1CCCCC1)N(C)CC(=O)N(CC)CC.I. The molecule has 0 aliphatic heterocycles. The number of rotatable bonds is 9. The molecule has 158 valence electrons. The maximum Gasteiger partial charge on any atom is 0.242 e. The molecule has 0 bridgehead atoms. The van der Waals surface area contributed by atoms with Gasteiger partial charge in [0.1, 0.15) is 0 Å². The van der Waals surface area contributed by atoms with Gasteiger partial charge in [-0.1, -0.05) is 19.3 Å². The Morgan fingerprint density at radius 3 is 2.26 bits per heavy atom. The first-order chi connectivity index (χ1) is 12.5. The number of carbonyl (C=O) groups excluding carboxylic acids is 2. The first kappa shape index (κ1) is 25.9. The summed E-state index contributed by atoms with van der Waals surface area (Å²) in [4.78, 5) is 32.5. The number of hydrogen-bond acceptors (Lipinski definition) is 3. The third kappa shape index (κ3) is 10.2. The van der Waals surface area contributed by atoms with Gasteiger partial charge in [-0.3, -0.25) is 14.6 Å². The van der Waals surface area contributed by atoms with Crippen LogP contribution in [0.1, 0.15) is 59.3 Å². The second-order valence-corrected chi connectivity index (χ2v) is 6.81. The Morgan fingerprint density at radius 2 is 1.70 bits per heavy atom. The number of hydrogen-bond donors (Lipinski definition) is 2. The van der Waals surface area contributed by atoms with Gasteiger partial charge in [0.15, 0.2) is 5.96 Å². The molecule has 1 aliphatic rings. The van der Waals surface area contributed by atoms with Crippen molar-refractivity contribution in [1.82, 2.24) is 20.4 Å². The van der Waals surface area contributed by atoms with Gasteiger partial charge in [0.25, 0.3) is 0 Å². The molecule has 0 aromatic rings. The van der Waals surface area contributed by atoms with E-state index in [1.165, 1.54) is 19.3 Å². The lowest BCUT2D eigenvalue weighted by Crippen LogP contribution is -2.45. The highest BCUT2D eigenvalue weighted by atomic mass is 127. The minimum Gasteiger partial charge on any atom is -0.357 e. The van der Waals surface area contributed by atoms with Crippen molar-refractivity contribution in [2.75, 3.05) is 39.8 Å². The molecule has 0 saturated heterocycles. The van der Waals surface area contributed by atoms with E-state index in [0.717, 1.165) is 19.4 Å². The van der Waals surface area contributed by atoms with Crippen LogP contribution in [0.3, 0.4) is 0 Å². The van der Waals surface area contributed by atoms with Crippen LogP contribution in [0, 0.1) is 0 Å². The van der Waals surface area contributed by atoms with E-state index in [9.17, 15) is 9.59 Å². The van der Waals surface area contributed by atoms with Crippen molar-refractivity contribution in [1.29, 1.82) is 0 Å². The van der Waals surface area contributed by atoms with Crippen LogP contribution in [0.25, 0.3) is 0 Å². The van der Waals surface area contributed by atoms with Crippen LogP contribution < -0.4 is 10.6 Å². The molecule has 0 unspecified atom stereocenters. The van der Waals surface area contributed by atoms with Crippen LogP contribution in [0.2, 0.25) is 0 Å². The van der Waals surface area contributed by atoms with Gasteiger partial charge in [0.2, 0.25) is 11.8 Å². The summed E-state index contributed by atoms with van der Waals surface area (Å²) >= 11 is 0. The van der Waals surface area contributed by atoms with Crippen LogP contribution in [0.4, 0.5) is 0 Å². The summed E-state index contributed by atoms with van der Waals surface area (Å²) in [7, 11) is 1.85. The first-order valence-electron chi connectivity index (χ1n) is 10.1. The molecule has 1 saturated carbocycles. The predicted molar refractivity (Wildman–Crippen MR) is 122 cm³/mol. The van der Waals surface area contributed by atoms with Crippen molar-refractivity contribution < 1.29 is 9.59 Å². The van der Waals surface area contributed by atoms with E-state index in [1.807, 2.05) is 32.7 Å². The number of carbonyl (C=O) groups is 2. The zero-order chi connectivity index (χ0) is 19.4. The summed E-state index contributed by atoms with van der Waals surface area (Å²) in [5, 5.41) is 6.30. The zero-order valence-corrected chi connectivity index (χ0v) is 19.8. The van der Waals surface area contributed by atoms with Crippen LogP contribution in [0.15, 0.2) is 4.99 Å². The summed E-state index contributed by atoms with van der Waals surface area (Å²) in [6, 6.07) is 0.336. The minimum atomic E-state index is 0. The van der Waals surface area contributed by atoms with Gasteiger partial charge in [-0.15, -0.1) is 24.0 Å². The highest BCUT2D eigenvalue weighted by Gasteiger charge is 2.16. The summed E-state index contributed by atoms with van der Waals surface area (Å²) in [6.45, 7) is 8.78. The molecule has 2 N–H and O–H groups in total. The smallest absolute Gasteiger partial charge is 0.242 e.